The molecule has 3 aliphatic rings. The quantitative estimate of drug-likeness (QED) is 0.0242. The first-order valence-electron chi connectivity index (χ1n) is 22.1. The monoisotopic (exact) mass is 903 g/mol. The molecule has 6 atom stereocenters. The zero-order valence-electron chi connectivity index (χ0n) is 36.7. The third-order valence-electron chi connectivity index (χ3n) is 12.1. The van der Waals surface area contributed by atoms with E-state index < -0.39 is 28.8 Å². The number of fused-ring (bicyclic) bond motifs is 2. The molecule has 1 fully saturated rings. The number of allylic oxidation sites excluding steroid dienone is 1. The van der Waals surface area contributed by atoms with Crippen LogP contribution in [0, 0.1) is 27.9 Å². The van der Waals surface area contributed by atoms with Crippen molar-refractivity contribution in [3.8, 4) is 17.2 Å². The number of benzene rings is 3. The van der Waals surface area contributed by atoms with E-state index in [-0.39, 0.29) is 89.3 Å². The number of ether oxygens (including phenoxy) is 5. The number of nitro benzene ring substituents is 1. The maximum Gasteiger partial charge on any atom is 0.410 e. The average Bonchev–Trinajstić information content (AvgIpc) is 3.30. The number of thioether (sulfide) groups is 1. The van der Waals surface area contributed by atoms with Crippen molar-refractivity contribution in [1.82, 2.24) is 4.90 Å². The van der Waals surface area contributed by atoms with E-state index in [1.807, 2.05) is 48.7 Å². The highest BCUT2D eigenvalue weighted by atomic mass is 32.2. The number of carbonyl (C=O) groups is 1. The van der Waals surface area contributed by atoms with Gasteiger partial charge in [-0.25, -0.2) is 4.79 Å². The molecule has 1 amide bonds. The van der Waals surface area contributed by atoms with Gasteiger partial charge in [0.1, 0.15) is 29.9 Å². The fourth-order valence-electron chi connectivity index (χ4n) is 9.30. The summed E-state index contributed by atoms with van der Waals surface area (Å²) in [4.78, 5) is 33.9. The van der Waals surface area contributed by atoms with Crippen LogP contribution in [-0.4, -0.2) is 108 Å². The third-order valence-corrected chi connectivity index (χ3v) is 12.8. The van der Waals surface area contributed by atoms with Gasteiger partial charge in [0.2, 0.25) is 5.79 Å². The van der Waals surface area contributed by atoms with Gasteiger partial charge in [0.05, 0.1) is 49.6 Å². The zero-order valence-corrected chi connectivity index (χ0v) is 37.5. The first-order valence-corrected chi connectivity index (χ1v) is 23.3. The van der Waals surface area contributed by atoms with Crippen molar-refractivity contribution in [2.24, 2.45) is 22.9 Å². The highest BCUT2D eigenvalue weighted by Gasteiger charge is 2.65. The summed E-state index contributed by atoms with van der Waals surface area (Å²) in [6.45, 7) is 6.07. The minimum atomic E-state index is -1.53. The van der Waals surface area contributed by atoms with Gasteiger partial charge >= 0.3 is 6.09 Å². The average molecular weight is 904 g/mol. The summed E-state index contributed by atoms with van der Waals surface area (Å²) in [6.07, 6.45) is 9.70. The maximum absolute atomic E-state index is 14.2. The molecule has 3 N–H and O–H groups in total. The van der Waals surface area contributed by atoms with Crippen LogP contribution in [0.3, 0.4) is 0 Å². The summed E-state index contributed by atoms with van der Waals surface area (Å²) in [5.41, 5.74) is 2.94. The second kappa shape index (κ2) is 23.8. The van der Waals surface area contributed by atoms with E-state index in [1.54, 1.807) is 41.8 Å². The summed E-state index contributed by atoms with van der Waals surface area (Å²) in [5, 5.41) is 45.6. The molecule has 1 heterocycles. The molecule has 6 rings (SSSR count). The van der Waals surface area contributed by atoms with E-state index in [9.17, 15) is 30.2 Å². The number of rotatable bonds is 25. The van der Waals surface area contributed by atoms with Crippen molar-refractivity contribution < 1.29 is 53.6 Å². The lowest BCUT2D eigenvalue weighted by molar-refractivity contribution is -0.384. The number of nitrogens with zero attached hydrogens (tertiary/aromatic N) is 3. The minimum absolute atomic E-state index is 0.00215. The van der Waals surface area contributed by atoms with Crippen LogP contribution in [0.25, 0.3) is 0 Å². The number of aliphatic hydroxyl groups is 3. The van der Waals surface area contributed by atoms with E-state index in [1.165, 1.54) is 12.1 Å². The number of oxime groups is 1. The van der Waals surface area contributed by atoms with Crippen molar-refractivity contribution in [2.45, 2.75) is 81.1 Å². The normalized spacial score (nSPS) is 22.7. The number of nitro groups is 1. The molecular weight excluding hydrogens is 843 g/mol. The van der Waals surface area contributed by atoms with Gasteiger partial charge in [-0.15, -0.1) is 18.3 Å². The van der Waals surface area contributed by atoms with Crippen LogP contribution in [0.2, 0.25) is 0 Å². The molecule has 0 radical (unpaired) electrons. The topological polar surface area (TPSA) is 192 Å². The summed E-state index contributed by atoms with van der Waals surface area (Å²) < 4.78 is 32.2. The van der Waals surface area contributed by atoms with E-state index in [0.717, 1.165) is 41.7 Å². The van der Waals surface area contributed by atoms with Crippen LogP contribution in [0.15, 0.2) is 101 Å². The number of carbonyl (C=O) groups excluding carboxylic acids is 1. The summed E-state index contributed by atoms with van der Waals surface area (Å²) in [7, 11) is 0. The first kappa shape index (κ1) is 48.5. The third kappa shape index (κ3) is 11.5. The smallest absolute Gasteiger partial charge is 0.410 e. The van der Waals surface area contributed by atoms with Gasteiger partial charge in [0.15, 0.2) is 0 Å². The van der Waals surface area contributed by atoms with Crippen molar-refractivity contribution in [3.05, 3.63) is 112 Å². The van der Waals surface area contributed by atoms with E-state index in [4.69, 9.17) is 33.7 Å². The number of non-ortho nitro benzene ring substituents is 1. The van der Waals surface area contributed by atoms with Gasteiger partial charge in [-0.3, -0.25) is 15.0 Å². The number of hydrogen-bond donors (Lipinski definition) is 3. The Morgan fingerprint density at radius 1 is 1.00 bits per heavy atom. The van der Waals surface area contributed by atoms with Gasteiger partial charge in [-0.05, 0) is 116 Å². The Kier molecular flexibility index (Phi) is 18.0. The molecule has 1 aliphatic heterocycles. The molecule has 64 heavy (non-hydrogen) atoms. The van der Waals surface area contributed by atoms with Crippen molar-refractivity contribution in [1.29, 1.82) is 0 Å². The molecule has 0 aromatic heterocycles. The van der Waals surface area contributed by atoms with Crippen LogP contribution in [-0.2, 0) is 25.7 Å². The second-order valence-corrected chi connectivity index (χ2v) is 16.9. The number of aliphatic hydroxyl groups excluding tert-OH is 3. The molecule has 1 saturated carbocycles. The molecule has 2 aliphatic carbocycles. The molecule has 6 unspecified atom stereocenters. The van der Waals surface area contributed by atoms with Crippen molar-refractivity contribution in [2.75, 3.05) is 59.0 Å². The summed E-state index contributed by atoms with van der Waals surface area (Å²) >= 11 is 1.65. The molecule has 346 valence electrons. The molecule has 0 bridgehead atoms. The Morgan fingerprint density at radius 3 is 2.41 bits per heavy atom. The first-order chi connectivity index (χ1) is 31.2. The number of hydrogen-bond acceptors (Lipinski definition) is 14. The molecule has 0 saturated heterocycles. The largest absolute Gasteiger partial charge is 0.459 e. The van der Waals surface area contributed by atoms with Gasteiger partial charge in [-0.1, -0.05) is 30.1 Å². The summed E-state index contributed by atoms with van der Waals surface area (Å²) in [5.74, 6) is -0.575. The van der Waals surface area contributed by atoms with Gasteiger partial charge < -0.3 is 43.8 Å². The predicted octanol–water partition coefficient (Wildman–Crippen LogP) is 8.41. The highest BCUT2D eigenvalue weighted by Crippen LogP contribution is 2.62. The van der Waals surface area contributed by atoms with Gasteiger partial charge in [-0.2, -0.15) is 0 Å². The van der Waals surface area contributed by atoms with Gasteiger partial charge in [0, 0.05) is 54.7 Å². The molecule has 3 aromatic carbocycles. The van der Waals surface area contributed by atoms with Crippen LogP contribution < -0.4 is 9.47 Å². The lowest BCUT2D eigenvalue weighted by Crippen LogP contribution is -2.70. The summed E-state index contributed by atoms with van der Waals surface area (Å²) in [6, 6.07) is 18.9. The predicted molar refractivity (Wildman–Crippen MR) is 243 cm³/mol. The van der Waals surface area contributed by atoms with E-state index in [2.05, 4.69) is 12.7 Å². The number of unbranched alkanes of at least 4 members (excludes halogenated alkanes) is 2. The van der Waals surface area contributed by atoms with Crippen molar-refractivity contribution in [3.63, 3.8) is 0 Å². The lowest BCUT2D eigenvalue weighted by atomic mass is 9.55. The fraction of sp³-hybridized carbons (Fsp3) is 0.500. The SMILES string of the molecule is C=CCOC12Oc3ccc(Oc4ccc(SC)cc4)cc3C3C(CCCCO)C(CCCCO)C=C(C(=NOCc4ccc([N+](=O)[O-])cc4)CC1N(CCOCCO)C(=O)OCC)C32. The second-order valence-electron chi connectivity index (χ2n) is 16.0. The van der Waals surface area contributed by atoms with E-state index >= 15 is 0 Å². The molecule has 15 nitrogen and oxygen atoms in total. The fourth-order valence-corrected chi connectivity index (χ4v) is 9.71. The Hall–Kier alpha value is -4.97. The standard InChI is InChI=1S/C48H61N3O12S/c1-4-26-60-48-44(50(47(55)59-5-2)22-27-58-28-25-54)31-42(49-61-32-33-12-14-35(15-13-33)51(56)57)40-29-34(10-6-8-23-52)39(11-7-9-24-53)45(46(40)48)41-30-37(18-21-43(41)63-48)62-36-16-19-38(64-3)20-17-36/h4,12-21,29-30,34,39,44-46,52-54H,1,5-11,22-28,31-32H2,2-3H3. The molecule has 16 heteroatoms. The van der Waals surface area contributed by atoms with E-state index in [0.29, 0.717) is 41.4 Å². The van der Waals surface area contributed by atoms with Crippen molar-refractivity contribution >= 4 is 29.3 Å². The lowest BCUT2D eigenvalue weighted by Gasteiger charge is -2.59. The Morgan fingerprint density at radius 2 is 1.73 bits per heavy atom. The molecular formula is C48H61N3O12S. The van der Waals surface area contributed by atoms with Gasteiger partial charge in [0.25, 0.3) is 5.69 Å². The van der Waals surface area contributed by atoms with Crippen LogP contribution in [0.5, 0.6) is 17.2 Å². The molecule has 0 spiro atoms. The van der Waals surface area contributed by atoms with Crippen LogP contribution >= 0.6 is 11.8 Å². The Labute approximate surface area is 379 Å². The number of amides is 1. The Bertz CT molecular complexity index is 2070. The van der Waals surface area contributed by atoms with Crippen LogP contribution in [0.1, 0.15) is 68.9 Å². The molecule has 3 aromatic rings. The minimum Gasteiger partial charge on any atom is -0.459 e. The van der Waals surface area contributed by atoms with Crippen LogP contribution in [0.4, 0.5) is 10.5 Å². The maximum atomic E-state index is 14.2. The Balaban J connectivity index is 1.56. The highest BCUT2D eigenvalue weighted by molar-refractivity contribution is 7.98. The zero-order chi connectivity index (χ0) is 45.5.